The summed E-state index contributed by atoms with van der Waals surface area (Å²) in [4.78, 5) is 38.1. The lowest BCUT2D eigenvalue weighted by molar-refractivity contribution is -0.167. The van der Waals surface area contributed by atoms with Gasteiger partial charge in [-0.05, 0) is 89.9 Å². The van der Waals surface area contributed by atoms with Gasteiger partial charge in [0.25, 0.3) is 0 Å². The lowest BCUT2D eigenvalue weighted by Gasteiger charge is -2.18. The maximum absolute atomic E-state index is 12.8. The molecule has 0 saturated carbocycles. The molecule has 0 aliphatic rings. The maximum Gasteiger partial charge on any atom is 0.306 e. The van der Waals surface area contributed by atoms with Crippen molar-refractivity contribution in [2.45, 2.75) is 348 Å². The molecule has 0 aliphatic heterocycles. The minimum atomic E-state index is -0.774. The second-order valence-electron chi connectivity index (χ2n) is 22.4. The van der Waals surface area contributed by atoms with E-state index >= 15 is 0 Å². The summed E-state index contributed by atoms with van der Waals surface area (Å²) in [5, 5.41) is 0. The van der Waals surface area contributed by atoms with Crippen molar-refractivity contribution >= 4 is 17.9 Å². The molecule has 0 bridgehead atoms. The minimum Gasteiger partial charge on any atom is -0.462 e. The molecular weight excluding hydrogens is 949 g/mol. The third-order valence-electron chi connectivity index (χ3n) is 14.7. The summed E-state index contributed by atoms with van der Waals surface area (Å²) in [7, 11) is 0. The van der Waals surface area contributed by atoms with Crippen molar-refractivity contribution < 1.29 is 28.6 Å². The summed E-state index contributed by atoms with van der Waals surface area (Å²) in [6.07, 6.45) is 85.2. The number of hydrogen-bond acceptors (Lipinski definition) is 6. The van der Waals surface area contributed by atoms with E-state index in [2.05, 4.69) is 93.7 Å². The Bertz CT molecular complexity index is 1420. The predicted molar refractivity (Wildman–Crippen MR) is 335 cm³/mol. The molecule has 0 rings (SSSR count). The Morgan fingerprint density at radius 3 is 0.805 bits per heavy atom. The van der Waals surface area contributed by atoms with E-state index in [1.807, 2.05) is 0 Å². The SMILES string of the molecule is CC/C=C\C/C=C\C/C=C\C/C=C\C/C=C\CCCCCCCCCCCCCCCCCCCCCC(=O)OCC(COC(=O)CCCCCCCCCCC)OC(=O)CCCCCCC/C=C\CCCCCCCC. The first-order chi connectivity index (χ1) is 38.0. The molecule has 0 saturated heterocycles. The van der Waals surface area contributed by atoms with Crippen molar-refractivity contribution in [1.29, 1.82) is 0 Å². The normalized spacial score (nSPS) is 12.5. The molecule has 0 aromatic rings. The summed E-state index contributed by atoms with van der Waals surface area (Å²) in [5.74, 6) is -0.867. The van der Waals surface area contributed by atoms with Crippen molar-refractivity contribution in [3.05, 3.63) is 72.9 Å². The minimum absolute atomic E-state index is 0.0728. The number of ether oxygens (including phenoxy) is 3. The molecule has 0 aromatic carbocycles. The van der Waals surface area contributed by atoms with Crippen molar-refractivity contribution in [2.75, 3.05) is 13.2 Å². The zero-order chi connectivity index (χ0) is 55.7. The highest BCUT2D eigenvalue weighted by Crippen LogP contribution is 2.17. The fraction of sp³-hybridized carbons (Fsp3) is 0.789. The molecule has 0 heterocycles. The molecule has 0 aliphatic carbocycles. The first-order valence-electron chi connectivity index (χ1n) is 33.4. The molecule has 0 N–H and O–H groups in total. The Morgan fingerprint density at radius 1 is 0.273 bits per heavy atom. The molecule has 6 nitrogen and oxygen atoms in total. The quantitative estimate of drug-likeness (QED) is 0.0261. The fourth-order valence-electron chi connectivity index (χ4n) is 9.70. The van der Waals surface area contributed by atoms with Gasteiger partial charge in [0.1, 0.15) is 13.2 Å². The maximum atomic E-state index is 12.8. The first-order valence-corrected chi connectivity index (χ1v) is 33.4. The number of unbranched alkanes of at least 4 members (excludes halogenated alkanes) is 38. The van der Waals surface area contributed by atoms with Gasteiger partial charge in [0.15, 0.2) is 6.10 Å². The van der Waals surface area contributed by atoms with Crippen LogP contribution in [-0.4, -0.2) is 37.2 Å². The summed E-state index contributed by atoms with van der Waals surface area (Å²) < 4.78 is 16.9. The molecule has 0 aromatic heterocycles. The highest BCUT2D eigenvalue weighted by Gasteiger charge is 2.19. The van der Waals surface area contributed by atoms with Crippen molar-refractivity contribution in [2.24, 2.45) is 0 Å². The fourth-order valence-corrected chi connectivity index (χ4v) is 9.70. The van der Waals surface area contributed by atoms with Crippen molar-refractivity contribution in [3.63, 3.8) is 0 Å². The number of allylic oxidation sites excluding steroid dienone is 12. The van der Waals surface area contributed by atoms with Gasteiger partial charge in [0, 0.05) is 19.3 Å². The summed E-state index contributed by atoms with van der Waals surface area (Å²) in [5.41, 5.74) is 0. The molecule has 77 heavy (non-hydrogen) atoms. The highest BCUT2D eigenvalue weighted by atomic mass is 16.6. The Balaban J connectivity index is 4.02. The van der Waals surface area contributed by atoms with E-state index in [0.717, 1.165) is 96.3 Å². The number of rotatable bonds is 61. The topological polar surface area (TPSA) is 78.9 Å². The van der Waals surface area contributed by atoms with Gasteiger partial charge in [-0.1, -0.05) is 306 Å². The molecule has 0 amide bonds. The predicted octanol–water partition coefficient (Wildman–Crippen LogP) is 22.9. The largest absolute Gasteiger partial charge is 0.462 e. The van der Waals surface area contributed by atoms with Crippen LogP contribution in [0.3, 0.4) is 0 Å². The monoisotopic (exact) mass is 1070 g/mol. The third kappa shape index (κ3) is 63.6. The van der Waals surface area contributed by atoms with Crippen LogP contribution in [-0.2, 0) is 28.6 Å². The zero-order valence-electron chi connectivity index (χ0n) is 51.2. The van der Waals surface area contributed by atoms with Gasteiger partial charge in [-0.25, -0.2) is 0 Å². The Morgan fingerprint density at radius 2 is 0.506 bits per heavy atom. The van der Waals surface area contributed by atoms with Gasteiger partial charge < -0.3 is 14.2 Å². The van der Waals surface area contributed by atoms with Crippen molar-refractivity contribution in [3.8, 4) is 0 Å². The standard InChI is InChI=1S/C71H126O6/c1-4-7-10-13-16-19-21-23-25-26-27-28-29-30-31-32-33-34-35-36-37-38-39-40-41-42-43-44-46-47-49-52-55-58-61-64-70(73)76-67-68(66-75-69(72)63-60-57-54-51-18-15-12-9-6-3)77-71(74)65-62-59-56-53-50-48-45-24-22-20-17-14-11-8-5-2/h7,10,16,19,23-25,27-28,30-31,45,68H,4-6,8-9,11-15,17-18,20-22,26,29,32-44,46-67H2,1-3H3/b10-7-,19-16-,25-23-,28-27-,31-30-,45-24-. The molecule has 6 heteroatoms. The van der Waals surface area contributed by atoms with Gasteiger partial charge in [0.2, 0.25) is 0 Å². The Kier molecular flexibility index (Phi) is 62.7. The van der Waals surface area contributed by atoms with Crippen LogP contribution in [0, 0.1) is 0 Å². The molecule has 1 atom stereocenters. The lowest BCUT2D eigenvalue weighted by atomic mass is 10.0. The average molecular weight is 1080 g/mol. The van der Waals surface area contributed by atoms with E-state index in [1.54, 1.807) is 0 Å². The Hall–Kier alpha value is -3.15. The van der Waals surface area contributed by atoms with Crippen LogP contribution in [0.15, 0.2) is 72.9 Å². The number of carbonyl (C=O) groups is 3. The van der Waals surface area contributed by atoms with Crippen molar-refractivity contribution in [1.82, 2.24) is 0 Å². The van der Waals surface area contributed by atoms with E-state index in [0.29, 0.717) is 19.3 Å². The molecule has 0 spiro atoms. The smallest absolute Gasteiger partial charge is 0.306 e. The van der Waals surface area contributed by atoms with Crippen LogP contribution in [0.4, 0.5) is 0 Å². The lowest BCUT2D eigenvalue weighted by Crippen LogP contribution is -2.30. The van der Waals surface area contributed by atoms with E-state index in [1.165, 1.54) is 205 Å². The van der Waals surface area contributed by atoms with Gasteiger partial charge >= 0.3 is 17.9 Å². The molecule has 446 valence electrons. The molecule has 1 unspecified atom stereocenters. The van der Waals surface area contributed by atoms with Gasteiger partial charge in [-0.2, -0.15) is 0 Å². The van der Waals surface area contributed by atoms with Crippen LogP contribution >= 0.6 is 0 Å². The number of hydrogen-bond donors (Lipinski definition) is 0. The summed E-state index contributed by atoms with van der Waals surface area (Å²) >= 11 is 0. The van der Waals surface area contributed by atoms with Gasteiger partial charge in [0.05, 0.1) is 0 Å². The molecule has 0 radical (unpaired) electrons. The van der Waals surface area contributed by atoms with E-state index < -0.39 is 6.10 Å². The van der Waals surface area contributed by atoms with Crippen LogP contribution in [0.5, 0.6) is 0 Å². The van der Waals surface area contributed by atoms with Gasteiger partial charge in [-0.3, -0.25) is 14.4 Å². The van der Waals surface area contributed by atoms with E-state index in [9.17, 15) is 14.4 Å². The number of esters is 3. The first kappa shape index (κ1) is 73.8. The van der Waals surface area contributed by atoms with Crippen LogP contribution in [0.1, 0.15) is 342 Å². The van der Waals surface area contributed by atoms with E-state index in [-0.39, 0.29) is 31.1 Å². The average Bonchev–Trinajstić information content (AvgIpc) is 3.43. The van der Waals surface area contributed by atoms with Crippen LogP contribution in [0.25, 0.3) is 0 Å². The highest BCUT2D eigenvalue weighted by molar-refractivity contribution is 5.71. The van der Waals surface area contributed by atoms with Crippen LogP contribution < -0.4 is 0 Å². The second kappa shape index (κ2) is 65.4. The van der Waals surface area contributed by atoms with Crippen LogP contribution in [0.2, 0.25) is 0 Å². The third-order valence-corrected chi connectivity index (χ3v) is 14.7. The van der Waals surface area contributed by atoms with E-state index in [4.69, 9.17) is 14.2 Å². The molecule has 0 fully saturated rings. The summed E-state index contributed by atoms with van der Waals surface area (Å²) in [6.45, 7) is 6.53. The zero-order valence-corrected chi connectivity index (χ0v) is 51.2. The molecular formula is C71H126O6. The Labute approximate surface area is 478 Å². The second-order valence-corrected chi connectivity index (χ2v) is 22.4. The van der Waals surface area contributed by atoms with Gasteiger partial charge in [-0.15, -0.1) is 0 Å². The summed E-state index contributed by atoms with van der Waals surface area (Å²) in [6, 6.07) is 0. The number of carbonyl (C=O) groups excluding carboxylic acids is 3.